The van der Waals surface area contributed by atoms with E-state index in [0.29, 0.717) is 6.42 Å². The molecule has 0 aromatic carbocycles. The SMILES string of the molecule is CCCCCCCCCCCCCCCCCCCCCCC(C)(OC(=O)C(C)O)C(=O)O. The Morgan fingerprint density at radius 3 is 1.24 bits per heavy atom. The molecule has 0 aromatic heterocycles. The van der Waals surface area contributed by atoms with Gasteiger partial charge in [0.2, 0.25) is 5.60 Å². The Bertz CT molecular complexity index is 477. The average Bonchev–Trinajstić information content (AvgIpc) is 2.77. The first-order valence-electron chi connectivity index (χ1n) is 14.0. The number of carboxylic acids is 1. The van der Waals surface area contributed by atoms with E-state index in [9.17, 15) is 19.8 Å². The minimum atomic E-state index is -1.55. The summed E-state index contributed by atoms with van der Waals surface area (Å²) in [5, 5.41) is 18.6. The third-order valence-corrected chi connectivity index (χ3v) is 6.63. The number of ether oxygens (including phenoxy) is 1. The number of hydrogen-bond donors (Lipinski definition) is 2. The van der Waals surface area contributed by atoms with Crippen molar-refractivity contribution in [2.24, 2.45) is 0 Å². The summed E-state index contributed by atoms with van der Waals surface area (Å²) >= 11 is 0. The van der Waals surface area contributed by atoms with Gasteiger partial charge in [-0.2, -0.15) is 0 Å². The van der Waals surface area contributed by atoms with Crippen molar-refractivity contribution in [1.82, 2.24) is 0 Å². The molecule has 0 heterocycles. The molecule has 0 aliphatic carbocycles. The van der Waals surface area contributed by atoms with Crippen LogP contribution in [0.5, 0.6) is 0 Å². The Kier molecular flexibility index (Phi) is 20.7. The molecular formula is C28H54O5. The fraction of sp³-hybridized carbons (Fsp3) is 0.929. The summed E-state index contributed by atoms with van der Waals surface area (Å²) < 4.78 is 5.01. The average molecular weight is 471 g/mol. The zero-order valence-electron chi connectivity index (χ0n) is 22.0. The molecule has 0 aromatic rings. The molecule has 196 valence electrons. The number of carbonyl (C=O) groups excluding carboxylic acids is 1. The van der Waals surface area contributed by atoms with E-state index in [-0.39, 0.29) is 6.42 Å². The lowest BCUT2D eigenvalue weighted by Crippen LogP contribution is -2.42. The number of aliphatic hydroxyl groups is 1. The molecule has 0 saturated heterocycles. The third-order valence-electron chi connectivity index (χ3n) is 6.63. The Hall–Kier alpha value is -1.10. The predicted molar refractivity (Wildman–Crippen MR) is 136 cm³/mol. The lowest BCUT2D eigenvalue weighted by Gasteiger charge is -2.25. The van der Waals surface area contributed by atoms with Crippen molar-refractivity contribution in [3.8, 4) is 0 Å². The summed E-state index contributed by atoms with van der Waals surface area (Å²) in [7, 11) is 0. The van der Waals surface area contributed by atoms with Gasteiger partial charge in [0.1, 0.15) is 6.10 Å². The standard InChI is InChI=1S/C28H54O5/c1-4-5-6-7-8-9-10-11-12-13-14-15-16-17-18-19-20-21-22-23-24-28(3,27(31)32)33-26(30)25(2)29/h25,29H,4-24H2,1-3H3,(H,31,32). The summed E-state index contributed by atoms with van der Waals surface area (Å²) in [6.07, 6.45) is 24.9. The molecule has 0 radical (unpaired) electrons. The molecule has 0 bridgehead atoms. The first kappa shape index (κ1) is 31.9. The van der Waals surface area contributed by atoms with E-state index in [4.69, 9.17) is 4.74 Å². The van der Waals surface area contributed by atoms with Crippen molar-refractivity contribution < 1.29 is 24.5 Å². The molecule has 33 heavy (non-hydrogen) atoms. The Balaban J connectivity index is 3.44. The van der Waals surface area contributed by atoms with Crippen molar-refractivity contribution >= 4 is 11.9 Å². The maximum Gasteiger partial charge on any atom is 0.347 e. The molecule has 5 nitrogen and oxygen atoms in total. The van der Waals surface area contributed by atoms with Gasteiger partial charge in [-0.25, -0.2) is 9.59 Å². The van der Waals surface area contributed by atoms with Crippen LogP contribution in [0.4, 0.5) is 0 Å². The Morgan fingerprint density at radius 2 is 0.970 bits per heavy atom. The van der Waals surface area contributed by atoms with E-state index in [0.717, 1.165) is 12.8 Å². The summed E-state index contributed by atoms with van der Waals surface area (Å²) in [6, 6.07) is 0. The van der Waals surface area contributed by atoms with Crippen LogP contribution in [0.1, 0.15) is 156 Å². The lowest BCUT2D eigenvalue weighted by atomic mass is 9.97. The highest BCUT2D eigenvalue weighted by atomic mass is 16.6. The molecule has 0 fully saturated rings. The van der Waals surface area contributed by atoms with Gasteiger partial charge in [0.15, 0.2) is 0 Å². The normalized spacial score (nSPS) is 14.1. The van der Waals surface area contributed by atoms with Gasteiger partial charge in [-0.1, -0.05) is 129 Å². The number of unbranched alkanes of at least 4 members (excludes halogenated alkanes) is 19. The second-order valence-electron chi connectivity index (χ2n) is 10.1. The highest BCUT2D eigenvalue weighted by molar-refractivity contribution is 5.82. The third kappa shape index (κ3) is 19.0. The fourth-order valence-corrected chi connectivity index (χ4v) is 4.23. The van der Waals surface area contributed by atoms with E-state index in [1.807, 2.05) is 0 Å². The molecule has 2 atom stereocenters. The van der Waals surface area contributed by atoms with Crippen LogP contribution in [-0.2, 0) is 14.3 Å². The van der Waals surface area contributed by atoms with Crippen LogP contribution in [0, 0.1) is 0 Å². The van der Waals surface area contributed by atoms with Crippen LogP contribution in [0.2, 0.25) is 0 Å². The van der Waals surface area contributed by atoms with E-state index in [2.05, 4.69) is 6.92 Å². The molecule has 0 rings (SSSR count). The number of hydrogen-bond acceptors (Lipinski definition) is 4. The lowest BCUT2D eigenvalue weighted by molar-refractivity contribution is -0.182. The summed E-state index contributed by atoms with van der Waals surface area (Å²) in [5.41, 5.74) is -1.55. The minimum absolute atomic E-state index is 0.278. The zero-order valence-corrected chi connectivity index (χ0v) is 22.0. The van der Waals surface area contributed by atoms with Crippen LogP contribution in [0.3, 0.4) is 0 Å². The molecule has 2 unspecified atom stereocenters. The quantitative estimate of drug-likeness (QED) is 0.110. The van der Waals surface area contributed by atoms with Crippen molar-refractivity contribution in [3.63, 3.8) is 0 Å². The van der Waals surface area contributed by atoms with Crippen molar-refractivity contribution in [2.75, 3.05) is 0 Å². The van der Waals surface area contributed by atoms with Gasteiger partial charge in [-0.05, 0) is 26.7 Å². The van der Waals surface area contributed by atoms with E-state index in [1.165, 1.54) is 123 Å². The van der Waals surface area contributed by atoms with Gasteiger partial charge in [-0.15, -0.1) is 0 Å². The van der Waals surface area contributed by atoms with Crippen molar-refractivity contribution in [2.45, 2.75) is 167 Å². The maximum atomic E-state index is 11.5. The maximum absolute atomic E-state index is 11.5. The van der Waals surface area contributed by atoms with Crippen LogP contribution in [0.25, 0.3) is 0 Å². The predicted octanol–water partition coefficient (Wildman–Crippen LogP) is 7.97. The summed E-state index contributed by atoms with van der Waals surface area (Å²) in [5.74, 6) is -2.04. The summed E-state index contributed by atoms with van der Waals surface area (Å²) in [6.45, 7) is 4.96. The monoisotopic (exact) mass is 470 g/mol. The Labute approximate surface area is 204 Å². The molecule has 0 amide bonds. The van der Waals surface area contributed by atoms with E-state index >= 15 is 0 Å². The van der Waals surface area contributed by atoms with Gasteiger partial charge < -0.3 is 14.9 Å². The number of aliphatic carboxylic acids is 1. The van der Waals surface area contributed by atoms with Gasteiger partial charge in [0, 0.05) is 0 Å². The summed E-state index contributed by atoms with van der Waals surface area (Å²) in [4.78, 5) is 23.0. The number of rotatable bonds is 24. The molecule has 5 heteroatoms. The highest BCUT2D eigenvalue weighted by Crippen LogP contribution is 2.22. The van der Waals surface area contributed by atoms with Gasteiger partial charge in [0.05, 0.1) is 0 Å². The number of esters is 1. The van der Waals surface area contributed by atoms with Gasteiger partial charge in [-0.3, -0.25) is 0 Å². The minimum Gasteiger partial charge on any atom is -0.478 e. The van der Waals surface area contributed by atoms with Crippen LogP contribution in [-0.4, -0.2) is 33.9 Å². The van der Waals surface area contributed by atoms with Gasteiger partial charge in [0.25, 0.3) is 0 Å². The van der Waals surface area contributed by atoms with Crippen molar-refractivity contribution in [1.29, 1.82) is 0 Å². The molecular weight excluding hydrogens is 416 g/mol. The largest absolute Gasteiger partial charge is 0.478 e. The van der Waals surface area contributed by atoms with E-state index < -0.39 is 23.6 Å². The molecule has 0 aliphatic rings. The fourth-order valence-electron chi connectivity index (χ4n) is 4.23. The van der Waals surface area contributed by atoms with Crippen molar-refractivity contribution in [3.05, 3.63) is 0 Å². The topological polar surface area (TPSA) is 83.8 Å². The molecule has 2 N–H and O–H groups in total. The first-order valence-corrected chi connectivity index (χ1v) is 14.0. The van der Waals surface area contributed by atoms with Crippen LogP contribution >= 0.6 is 0 Å². The number of aliphatic hydroxyl groups excluding tert-OH is 1. The molecule has 0 spiro atoms. The zero-order chi connectivity index (χ0) is 24.8. The second kappa shape index (κ2) is 21.4. The smallest absolute Gasteiger partial charge is 0.347 e. The number of carboxylic acid groups (broad SMARTS) is 1. The highest BCUT2D eigenvalue weighted by Gasteiger charge is 2.37. The molecule has 0 saturated carbocycles. The van der Waals surface area contributed by atoms with Gasteiger partial charge >= 0.3 is 11.9 Å². The van der Waals surface area contributed by atoms with Crippen LogP contribution < -0.4 is 0 Å². The Morgan fingerprint density at radius 1 is 0.667 bits per heavy atom. The number of carbonyl (C=O) groups is 2. The van der Waals surface area contributed by atoms with E-state index in [1.54, 1.807) is 0 Å². The second-order valence-corrected chi connectivity index (χ2v) is 10.1. The van der Waals surface area contributed by atoms with Crippen LogP contribution in [0.15, 0.2) is 0 Å². The molecule has 0 aliphatic heterocycles. The first-order chi connectivity index (χ1) is 15.8.